The Morgan fingerprint density at radius 3 is 2.46 bits per heavy atom. The molecule has 1 aliphatic heterocycles. The third-order valence-corrected chi connectivity index (χ3v) is 5.86. The highest BCUT2D eigenvalue weighted by molar-refractivity contribution is 6.22. The van der Waals surface area contributed by atoms with Crippen molar-refractivity contribution in [3.63, 3.8) is 0 Å². The first-order chi connectivity index (χ1) is 13.4. The van der Waals surface area contributed by atoms with E-state index < -0.39 is 0 Å². The number of carbonyl (C=O) groups is 3. The van der Waals surface area contributed by atoms with E-state index in [0.29, 0.717) is 22.9 Å². The average molecular weight is 376 g/mol. The van der Waals surface area contributed by atoms with E-state index in [1.54, 1.807) is 36.4 Å². The lowest BCUT2D eigenvalue weighted by Gasteiger charge is -2.25. The van der Waals surface area contributed by atoms with Gasteiger partial charge >= 0.3 is 0 Å². The van der Waals surface area contributed by atoms with Crippen molar-refractivity contribution in [3.8, 4) is 0 Å². The van der Waals surface area contributed by atoms with E-state index in [9.17, 15) is 14.4 Å². The van der Waals surface area contributed by atoms with Crippen LogP contribution in [0.4, 0.5) is 11.4 Å². The molecule has 0 bridgehead atoms. The van der Waals surface area contributed by atoms with Gasteiger partial charge in [0.05, 0.1) is 17.5 Å². The van der Waals surface area contributed by atoms with Crippen molar-refractivity contribution in [3.05, 3.63) is 59.7 Å². The summed E-state index contributed by atoms with van der Waals surface area (Å²) >= 11 is 0. The fourth-order valence-corrected chi connectivity index (χ4v) is 4.28. The van der Waals surface area contributed by atoms with E-state index >= 15 is 0 Å². The molecule has 144 valence electrons. The summed E-state index contributed by atoms with van der Waals surface area (Å²) in [7, 11) is 0. The lowest BCUT2D eigenvalue weighted by molar-refractivity contribution is -0.122. The van der Waals surface area contributed by atoms with Gasteiger partial charge in [0.25, 0.3) is 5.91 Å². The van der Waals surface area contributed by atoms with E-state index in [2.05, 4.69) is 12.2 Å². The first-order valence-electron chi connectivity index (χ1n) is 9.80. The second-order valence-electron chi connectivity index (χ2n) is 8.01. The number of aryl methyl sites for hydroxylation is 1. The molecule has 2 aromatic rings. The number of imide groups is 1. The third-order valence-electron chi connectivity index (χ3n) is 5.86. The molecule has 2 aromatic carbocycles. The van der Waals surface area contributed by atoms with Crippen LogP contribution >= 0.6 is 0 Å². The van der Waals surface area contributed by atoms with Gasteiger partial charge in [-0.05, 0) is 62.4 Å². The van der Waals surface area contributed by atoms with Crippen molar-refractivity contribution in [2.45, 2.75) is 33.1 Å². The number of amides is 3. The SMILES string of the molecule is Cc1ccc(C(=O)Nc2cccc(N3C(=O)[C@H]4C[C@@H](C)CC[C@H]4C3=O)c2)cc1. The van der Waals surface area contributed by atoms with Crippen LogP contribution in [0.5, 0.6) is 0 Å². The standard InChI is InChI=1S/C23H24N2O3/c1-14-6-9-16(10-7-14)21(26)24-17-4-3-5-18(13-17)25-22(27)19-11-8-15(2)12-20(19)23(25)28/h3-7,9-10,13,15,19-20H,8,11-12H2,1-2H3,(H,24,26)/t15-,19+,20-/m0/s1. The Bertz CT molecular complexity index is 935. The highest BCUT2D eigenvalue weighted by atomic mass is 16.2. The van der Waals surface area contributed by atoms with Crippen LogP contribution in [0, 0.1) is 24.7 Å². The van der Waals surface area contributed by atoms with Crippen LogP contribution < -0.4 is 10.2 Å². The minimum atomic E-state index is -0.223. The number of nitrogens with zero attached hydrogens (tertiary/aromatic N) is 1. The zero-order valence-electron chi connectivity index (χ0n) is 16.1. The summed E-state index contributed by atoms with van der Waals surface area (Å²) in [6, 6.07) is 14.3. The fourth-order valence-electron chi connectivity index (χ4n) is 4.28. The Morgan fingerprint density at radius 1 is 1.00 bits per heavy atom. The molecular weight excluding hydrogens is 352 g/mol. The lowest BCUT2D eigenvalue weighted by atomic mass is 9.76. The Hall–Kier alpha value is -2.95. The van der Waals surface area contributed by atoms with Crippen LogP contribution in [0.3, 0.4) is 0 Å². The van der Waals surface area contributed by atoms with Crippen LogP contribution in [-0.2, 0) is 9.59 Å². The van der Waals surface area contributed by atoms with E-state index in [-0.39, 0.29) is 29.6 Å². The number of rotatable bonds is 3. The fraction of sp³-hybridized carbons (Fsp3) is 0.348. The lowest BCUT2D eigenvalue weighted by Crippen LogP contribution is -2.31. The number of nitrogens with one attached hydrogen (secondary N) is 1. The predicted molar refractivity (Wildman–Crippen MR) is 108 cm³/mol. The number of benzene rings is 2. The topological polar surface area (TPSA) is 66.5 Å². The van der Waals surface area contributed by atoms with Crippen molar-refractivity contribution >= 4 is 29.1 Å². The van der Waals surface area contributed by atoms with Crippen molar-refractivity contribution in [1.29, 1.82) is 0 Å². The number of anilines is 2. The molecule has 1 aliphatic carbocycles. The molecule has 0 spiro atoms. The summed E-state index contributed by atoms with van der Waals surface area (Å²) in [6.45, 7) is 4.10. The van der Waals surface area contributed by atoms with E-state index in [1.807, 2.05) is 19.1 Å². The highest BCUT2D eigenvalue weighted by Gasteiger charge is 2.49. The van der Waals surface area contributed by atoms with Crippen molar-refractivity contribution in [2.24, 2.45) is 17.8 Å². The summed E-state index contributed by atoms with van der Waals surface area (Å²) in [5.74, 6) is -0.374. The Labute approximate surface area is 164 Å². The molecule has 5 heteroatoms. The monoisotopic (exact) mass is 376 g/mol. The number of fused-ring (bicyclic) bond motifs is 1. The molecule has 0 radical (unpaired) electrons. The Kier molecular flexibility index (Phi) is 4.75. The van der Waals surface area contributed by atoms with E-state index in [1.165, 1.54) is 4.90 Å². The zero-order valence-corrected chi connectivity index (χ0v) is 16.1. The number of carbonyl (C=O) groups excluding carboxylic acids is 3. The van der Waals surface area contributed by atoms with Gasteiger partial charge in [-0.25, -0.2) is 4.90 Å². The van der Waals surface area contributed by atoms with Crippen LogP contribution in [-0.4, -0.2) is 17.7 Å². The molecule has 2 aliphatic rings. The van der Waals surface area contributed by atoms with Gasteiger partial charge < -0.3 is 5.32 Å². The van der Waals surface area contributed by atoms with Gasteiger partial charge in [-0.3, -0.25) is 14.4 Å². The van der Waals surface area contributed by atoms with Crippen molar-refractivity contribution in [1.82, 2.24) is 0 Å². The molecule has 5 nitrogen and oxygen atoms in total. The van der Waals surface area contributed by atoms with E-state index in [4.69, 9.17) is 0 Å². The summed E-state index contributed by atoms with van der Waals surface area (Å²) in [4.78, 5) is 39.5. The maximum absolute atomic E-state index is 12.9. The molecule has 4 rings (SSSR count). The molecule has 1 saturated carbocycles. The Balaban J connectivity index is 1.55. The summed E-state index contributed by atoms with van der Waals surface area (Å²) in [6.07, 6.45) is 2.53. The normalized spacial score (nSPS) is 24.2. The molecule has 2 fully saturated rings. The smallest absolute Gasteiger partial charge is 0.255 e. The van der Waals surface area contributed by atoms with Gasteiger partial charge in [0.1, 0.15) is 0 Å². The van der Waals surface area contributed by atoms with Crippen LogP contribution in [0.15, 0.2) is 48.5 Å². The van der Waals surface area contributed by atoms with Crippen molar-refractivity contribution < 1.29 is 14.4 Å². The van der Waals surface area contributed by atoms with Crippen LogP contribution in [0.25, 0.3) is 0 Å². The largest absolute Gasteiger partial charge is 0.322 e. The molecule has 1 N–H and O–H groups in total. The van der Waals surface area contributed by atoms with E-state index in [0.717, 1.165) is 24.8 Å². The molecule has 0 aromatic heterocycles. The summed E-state index contributed by atoms with van der Waals surface area (Å²) in [5, 5.41) is 2.85. The average Bonchev–Trinajstić information content (AvgIpc) is 2.92. The second kappa shape index (κ2) is 7.23. The summed E-state index contributed by atoms with van der Waals surface area (Å²) < 4.78 is 0. The minimum absolute atomic E-state index is 0.107. The first kappa shape index (κ1) is 18.4. The maximum atomic E-state index is 12.9. The van der Waals surface area contributed by atoms with Gasteiger partial charge in [-0.2, -0.15) is 0 Å². The first-order valence-corrected chi connectivity index (χ1v) is 9.80. The van der Waals surface area contributed by atoms with Crippen LogP contribution in [0.1, 0.15) is 42.1 Å². The molecule has 0 unspecified atom stereocenters. The highest BCUT2D eigenvalue weighted by Crippen LogP contribution is 2.42. The summed E-state index contributed by atoms with van der Waals surface area (Å²) in [5.41, 5.74) is 2.73. The Morgan fingerprint density at radius 2 is 1.71 bits per heavy atom. The third kappa shape index (κ3) is 3.33. The molecular formula is C23H24N2O3. The van der Waals surface area contributed by atoms with Gasteiger partial charge in [-0.1, -0.05) is 30.7 Å². The molecule has 3 amide bonds. The molecule has 1 saturated heterocycles. The molecule has 3 atom stereocenters. The van der Waals surface area contributed by atoms with Crippen molar-refractivity contribution in [2.75, 3.05) is 10.2 Å². The van der Waals surface area contributed by atoms with Gasteiger partial charge in [0.15, 0.2) is 0 Å². The predicted octanol–water partition coefficient (Wildman–Crippen LogP) is 4.17. The quantitative estimate of drug-likeness (QED) is 0.818. The number of hydrogen-bond donors (Lipinski definition) is 1. The molecule has 28 heavy (non-hydrogen) atoms. The zero-order chi connectivity index (χ0) is 19.8. The van der Waals surface area contributed by atoms with Gasteiger partial charge in [-0.15, -0.1) is 0 Å². The van der Waals surface area contributed by atoms with Gasteiger partial charge in [0.2, 0.25) is 11.8 Å². The second-order valence-corrected chi connectivity index (χ2v) is 8.01. The molecule has 1 heterocycles. The number of hydrogen-bond acceptors (Lipinski definition) is 3. The van der Waals surface area contributed by atoms with Gasteiger partial charge in [0, 0.05) is 11.3 Å². The maximum Gasteiger partial charge on any atom is 0.255 e. The minimum Gasteiger partial charge on any atom is -0.322 e. The van der Waals surface area contributed by atoms with Crippen LogP contribution in [0.2, 0.25) is 0 Å².